The van der Waals surface area contributed by atoms with Gasteiger partial charge in [0.25, 0.3) is 5.69 Å². The molecule has 9 nitrogen and oxygen atoms in total. The molecule has 28 heavy (non-hydrogen) atoms. The van der Waals surface area contributed by atoms with Gasteiger partial charge >= 0.3 is 0 Å². The molecule has 1 N–H and O–H groups in total. The summed E-state index contributed by atoms with van der Waals surface area (Å²) in [4.78, 5) is 18.4. The second-order valence-electron chi connectivity index (χ2n) is 6.73. The number of nitro groups is 1. The number of thiazole rings is 1. The van der Waals surface area contributed by atoms with Crippen LogP contribution in [0.15, 0.2) is 23.1 Å². The molecular weight excluding hydrogens is 402 g/mol. The lowest BCUT2D eigenvalue weighted by molar-refractivity contribution is -0.384. The van der Waals surface area contributed by atoms with Gasteiger partial charge < -0.3 is 10.2 Å². The average molecular weight is 426 g/mol. The molecule has 0 spiro atoms. The van der Waals surface area contributed by atoms with Gasteiger partial charge in [-0.25, -0.2) is 13.4 Å². The maximum atomic E-state index is 12.9. The molecule has 1 saturated heterocycles. The number of likely N-dealkylation sites (N-methyl/N-ethyl adjacent to an activating group) is 1. The van der Waals surface area contributed by atoms with Crippen molar-refractivity contribution in [3.05, 3.63) is 43.9 Å². The number of hydrogen-bond acceptors (Lipinski definition) is 8. The van der Waals surface area contributed by atoms with Crippen LogP contribution in [0.3, 0.4) is 0 Å². The van der Waals surface area contributed by atoms with Gasteiger partial charge in [-0.2, -0.15) is 4.31 Å². The Morgan fingerprint density at radius 3 is 2.50 bits per heavy atom. The van der Waals surface area contributed by atoms with Crippen LogP contribution < -0.4 is 5.32 Å². The van der Waals surface area contributed by atoms with E-state index in [9.17, 15) is 18.5 Å². The van der Waals surface area contributed by atoms with Gasteiger partial charge in [0.2, 0.25) is 10.0 Å². The smallest absolute Gasteiger partial charge is 0.293 e. The summed E-state index contributed by atoms with van der Waals surface area (Å²) in [5.74, 6) is 0. The molecule has 11 heteroatoms. The summed E-state index contributed by atoms with van der Waals surface area (Å²) >= 11 is 1.56. The van der Waals surface area contributed by atoms with Crippen molar-refractivity contribution in [2.45, 2.75) is 25.3 Å². The second-order valence-corrected chi connectivity index (χ2v) is 10.1. The quantitative estimate of drug-likeness (QED) is 0.558. The van der Waals surface area contributed by atoms with Gasteiger partial charge in [0, 0.05) is 37.1 Å². The average Bonchev–Trinajstić information content (AvgIpc) is 2.97. The number of aromatic nitrogens is 1. The highest BCUT2D eigenvalue weighted by atomic mass is 32.2. The van der Waals surface area contributed by atoms with Crippen LogP contribution in [0.5, 0.6) is 0 Å². The molecule has 0 unspecified atom stereocenters. The van der Waals surface area contributed by atoms with E-state index in [1.165, 1.54) is 16.4 Å². The highest BCUT2D eigenvalue weighted by molar-refractivity contribution is 7.89. The molecule has 0 saturated carbocycles. The van der Waals surface area contributed by atoms with Crippen molar-refractivity contribution in [3.8, 4) is 0 Å². The van der Waals surface area contributed by atoms with Gasteiger partial charge in [0.15, 0.2) is 0 Å². The minimum atomic E-state index is -3.76. The number of anilines is 1. The number of hydrogen-bond donors (Lipinski definition) is 1. The molecule has 0 bridgehead atoms. The maximum Gasteiger partial charge on any atom is 0.293 e. The van der Waals surface area contributed by atoms with Crippen LogP contribution in [-0.4, -0.2) is 60.8 Å². The molecule has 0 radical (unpaired) electrons. The fourth-order valence-electron chi connectivity index (χ4n) is 3.06. The predicted molar refractivity (Wildman–Crippen MR) is 108 cm³/mol. The molecule has 3 rings (SSSR count). The number of sulfonamides is 1. The van der Waals surface area contributed by atoms with Gasteiger partial charge in [-0.05, 0) is 33.0 Å². The van der Waals surface area contributed by atoms with Crippen LogP contribution in [0, 0.1) is 24.0 Å². The van der Waals surface area contributed by atoms with Crippen LogP contribution in [0.2, 0.25) is 0 Å². The molecule has 1 fully saturated rings. The van der Waals surface area contributed by atoms with E-state index in [2.05, 4.69) is 10.3 Å². The second kappa shape index (κ2) is 8.11. The van der Waals surface area contributed by atoms with Crippen molar-refractivity contribution in [2.24, 2.45) is 0 Å². The Labute approximate surface area is 168 Å². The molecule has 2 heterocycles. The molecule has 1 aliphatic rings. The Morgan fingerprint density at radius 1 is 1.25 bits per heavy atom. The Balaban J connectivity index is 1.84. The van der Waals surface area contributed by atoms with E-state index >= 15 is 0 Å². The molecule has 1 aromatic heterocycles. The van der Waals surface area contributed by atoms with Crippen LogP contribution in [0.4, 0.5) is 11.4 Å². The summed E-state index contributed by atoms with van der Waals surface area (Å²) in [5, 5.41) is 15.5. The van der Waals surface area contributed by atoms with E-state index in [0.717, 1.165) is 21.6 Å². The minimum absolute atomic E-state index is 0.0602. The third kappa shape index (κ3) is 4.32. The molecule has 152 valence electrons. The lowest BCUT2D eigenvalue weighted by Gasteiger charge is -2.31. The largest absolute Gasteiger partial charge is 0.374 e. The van der Waals surface area contributed by atoms with Crippen molar-refractivity contribution in [1.29, 1.82) is 0 Å². The summed E-state index contributed by atoms with van der Waals surface area (Å²) < 4.78 is 27.1. The molecular formula is C17H23N5O4S2. The number of benzene rings is 1. The first kappa shape index (κ1) is 20.6. The summed E-state index contributed by atoms with van der Waals surface area (Å²) in [6, 6.07) is 4.01. The number of nitro benzene ring substituents is 1. The summed E-state index contributed by atoms with van der Waals surface area (Å²) in [6.45, 7) is 6.19. The normalized spacial score (nSPS) is 16.2. The van der Waals surface area contributed by atoms with Crippen molar-refractivity contribution in [3.63, 3.8) is 0 Å². The molecule has 0 aliphatic carbocycles. The monoisotopic (exact) mass is 425 g/mol. The third-order valence-electron chi connectivity index (χ3n) is 4.71. The number of nitrogens with one attached hydrogen (secondary N) is 1. The van der Waals surface area contributed by atoms with Crippen LogP contribution in [0.1, 0.15) is 15.6 Å². The lowest BCUT2D eigenvalue weighted by atomic mass is 10.2. The first-order valence-corrected chi connectivity index (χ1v) is 11.1. The van der Waals surface area contributed by atoms with Crippen molar-refractivity contribution < 1.29 is 13.3 Å². The molecule has 0 amide bonds. The number of rotatable bonds is 6. The number of aryl methyl sites for hydroxylation is 2. The van der Waals surface area contributed by atoms with Crippen molar-refractivity contribution in [1.82, 2.24) is 14.2 Å². The molecule has 1 aliphatic heterocycles. The standard InChI is InChI=1S/C17H23N5O4S2/c1-12-16(19-13(2)27-12)11-18-15-5-4-14(10-17(15)22(23)24)28(25,26)21-8-6-20(3)7-9-21/h4-5,10,18H,6-9,11H2,1-3H3. The SMILES string of the molecule is Cc1nc(CNc2ccc(S(=O)(=O)N3CCN(C)CC3)cc2[N+](=O)[O-])c(C)s1. The third-order valence-corrected chi connectivity index (χ3v) is 7.53. The van der Waals surface area contributed by atoms with Crippen molar-refractivity contribution >= 4 is 32.7 Å². The molecule has 2 aromatic rings. The fourth-order valence-corrected chi connectivity index (χ4v) is 5.34. The highest BCUT2D eigenvalue weighted by Gasteiger charge is 2.29. The Hall–Kier alpha value is -2.08. The Kier molecular flexibility index (Phi) is 5.98. The first-order valence-electron chi connectivity index (χ1n) is 8.82. The molecule has 1 aromatic carbocycles. The first-order chi connectivity index (χ1) is 13.2. The van der Waals surface area contributed by atoms with Gasteiger partial charge in [0.1, 0.15) is 5.69 Å². The summed E-state index contributed by atoms with van der Waals surface area (Å²) in [6.07, 6.45) is 0. The van der Waals surface area contributed by atoms with Crippen molar-refractivity contribution in [2.75, 3.05) is 38.5 Å². The Bertz CT molecular complexity index is 981. The summed E-state index contributed by atoms with van der Waals surface area (Å²) in [5.41, 5.74) is 0.832. The van der Waals surface area contributed by atoms with E-state index in [0.29, 0.717) is 32.7 Å². The predicted octanol–water partition coefficient (Wildman–Crippen LogP) is 2.22. The zero-order chi connectivity index (χ0) is 20.5. The van der Waals surface area contributed by atoms with Crippen LogP contribution in [0.25, 0.3) is 0 Å². The van der Waals surface area contributed by atoms with E-state index in [1.54, 1.807) is 11.3 Å². The fraction of sp³-hybridized carbons (Fsp3) is 0.471. The topological polar surface area (TPSA) is 109 Å². The van der Waals surface area contributed by atoms with Crippen LogP contribution >= 0.6 is 11.3 Å². The number of piperazine rings is 1. The zero-order valence-electron chi connectivity index (χ0n) is 16.0. The minimum Gasteiger partial charge on any atom is -0.374 e. The summed E-state index contributed by atoms with van der Waals surface area (Å²) in [7, 11) is -1.83. The van der Waals surface area contributed by atoms with Gasteiger partial charge in [-0.3, -0.25) is 10.1 Å². The lowest BCUT2D eigenvalue weighted by Crippen LogP contribution is -2.47. The Morgan fingerprint density at radius 2 is 1.93 bits per heavy atom. The number of nitrogens with zero attached hydrogens (tertiary/aromatic N) is 4. The van der Waals surface area contributed by atoms with Crippen LogP contribution in [-0.2, 0) is 16.6 Å². The highest BCUT2D eigenvalue weighted by Crippen LogP contribution is 2.30. The van der Waals surface area contributed by atoms with Gasteiger partial charge in [-0.1, -0.05) is 0 Å². The zero-order valence-corrected chi connectivity index (χ0v) is 17.6. The van der Waals surface area contributed by atoms with Gasteiger partial charge in [0.05, 0.1) is 27.1 Å². The van der Waals surface area contributed by atoms with Gasteiger partial charge in [-0.15, -0.1) is 11.3 Å². The van der Waals surface area contributed by atoms with E-state index < -0.39 is 14.9 Å². The molecule has 0 atom stereocenters. The van der Waals surface area contributed by atoms with E-state index in [4.69, 9.17) is 0 Å². The van der Waals surface area contributed by atoms with E-state index in [-0.39, 0.29) is 16.3 Å². The van der Waals surface area contributed by atoms with E-state index in [1.807, 2.05) is 25.8 Å². The maximum absolute atomic E-state index is 12.9.